The number of carbonyl (C=O) groups is 1. The van der Waals surface area contributed by atoms with Gasteiger partial charge in [0.05, 0.1) is 12.1 Å². The smallest absolute Gasteiger partial charge is 0.146 e. The fourth-order valence-corrected chi connectivity index (χ4v) is 1.77. The van der Waals surface area contributed by atoms with Crippen LogP contribution in [-0.4, -0.2) is 41.0 Å². The first-order valence-electron chi connectivity index (χ1n) is 4.95. The van der Waals surface area contributed by atoms with E-state index in [1.54, 1.807) is 6.92 Å². The normalized spacial score (nSPS) is 32.9. The molecule has 1 fully saturated rings. The summed E-state index contributed by atoms with van der Waals surface area (Å²) >= 11 is 0. The summed E-state index contributed by atoms with van der Waals surface area (Å²) in [6.45, 7) is 7.27. The molecule has 76 valence electrons. The summed E-state index contributed by atoms with van der Waals surface area (Å²) in [5, 5.41) is 9.50. The maximum Gasteiger partial charge on any atom is 0.146 e. The van der Waals surface area contributed by atoms with Crippen molar-refractivity contribution in [3.05, 3.63) is 0 Å². The van der Waals surface area contributed by atoms with Crippen LogP contribution >= 0.6 is 0 Å². The van der Waals surface area contributed by atoms with E-state index in [4.69, 9.17) is 0 Å². The van der Waals surface area contributed by atoms with E-state index in [-0.39, 0.29) is 23.8 Å². The SMILES string of the molecule is CC(=O)C(C)N1CCC(O)C(C)C1. The first kappa shape index (κ1) is 10.7. The Kier molecular flexibility index (Phi) is 3.45. The van der Waals surface area contributed by atoms with E-state index in [9.17, 15) is 9.90 Å². The molecule has 0 aromatic carbocycles. The molecular weight excluding hydrogens is 166 g/mol. The van der Waals surface area contributed by atoms with Crippen LogP contribution in [0.1, 0.15) is 27.2 Å². The van der Waals surface area contributed by atoms with Gasteiger partial charge in [-0.2, -0.15) is 0 Å². The molecule has 0 aromatic heterocycles. The molecule has 0 spiro atoms. The second-order valence-electron chi connectivity index (χ2n) is 4.11. The zero-order valence-electron chi connectivity index (χ0n) is 8.66. The standard InChI is InChI=1S/C10H19NO2/c1-7-6-11(5-4-10(7)13)8(2)9(3)12/h7-8,10,13H,4-6H2,1-3H3. The minimum atomic E-state index is -0.185. The Bertz CT molecular complexity index is 193. The van der Waals surface area contributed by atoms with E-state index in [2.05, 4.69) is 4.90 Å². The van der Waals surface area contributed by atoms with Gasteiger partial charge in [-0.05, 0) is 26.2 Å². The first-order chi connectivity index (χ1) is 6.02. The summed E-state index contributed by atoms with van der Waals surface area (Å²) in [4.78, 5) is 13.3. The Morgan fingerprint density at radius 1 is 1.62 bits per heavy atom. The molecule has 3 nitrogen and oxygen atoms in total. The number of ketones is 1. The third-order valence-corrected chi connectivity index (χ3v) is 3.03. The van der Waals surface area contributed by atoms with E-state index in [0.717, 1.165) is 19.5 Å². The summed E-state index contributed by atoms with van der Waals surface area (Å²) in [6, 6.07) is 0.00921. The molecule has 3 atom stereocenters. The fourth-order valence-electron chi connectivity index (χ4n) is 1.77. The molecule has 1 aliphatic rings. The highest BCUT2D eigenvalue weighted by Gasteiger charge is 2.28. The van der Waals surface area contributed by atoms with Crippen LogP contribution in [0.2, 0.25) is 0 Å². The van der Waals surface area contributed by atoms with Crippen molar-refractivity contribution in [1.82, 2.24) is 4.90 Å². The van der Waals surface area contributed by atoms with Crippen molar-refractivity contribution in [2.24, 2.45) is 5.92 Å². The molecule has 1 N–H and O–H groups in total. The second kappa shape index (κ2) is 4.20. The quantitative estimate of drug-likeness (QED) is 0.687. The molecule has 0 saturated carbocycles. The molecule has 1 aliphatic heterocycles. The zero-order chi connectivity index (χ0) is 10.0. The maximum absolute atomic E-state index is 11.1. The number of Topliss-reactive ketones (excluding diaryl/α,β-unsaturated/α-hetero) is 1. The maximum atomic E-state index is 11.1. The topological polar surface area (TPSA) is 40.5 Å². The Hall–Kier alpha value is -0.410. The van der Waals surface area contributed by atoms with Gasteiger partial charge in [0.1, 0.15) is 5.78 Å². The van der Waals surface area contributed by atoms with Gasteiger partial charge in [-0.1, -0.05) is 6.92 Å². The van der Waals surface area contributed by atoms with Crippen molar-refractivity contribution < 1.29 is 9.90 Å². The Morgan fingerprint density at radius 2 is 2.23 bits per heavy atom. The van der Waals surface area contributed by atoms with Gasteiger partial charge in [0.25, 0.3) is 0 Å². The summed E-state index contributed by atoms with van der Waals surface area (Å²) in [5.74, 6) is 0.499. The van der Waals surface area contributed by atoms with E-state index in [1.807, 2.05) is 13.8 Å². The number of likely N-dealkylation sites (tertiary alicyclic amines) is 1. The van der Waals surface area contributed by atoms with Crippen molar-refractivity contribution in [3.63, 3.8) is 0 Å². The molecule has 1 rings (SSSR count). The molecule has 1 heterocycles. The molecule has 13 heavy (non-hydrogen) atoms. The van der Waals surface area contributed by atoms with Crippen molar-refractivity contribution in [2.45, 2.75) is 39.3 Å². The molecule has 3 unspecified atom stereocenters. The number of aliphatic hydroxyl groups excluding tert-OH is 1. The van der Waals surface area contributed by atoms with Crippen molar-refractivity contribution in [1.29, 1.82) is 0 Å². The first-order valence-corrected chi connectivity index (χ1v) is 4.95. The van der Waals surface area contributed by atoms with Gasteiger partial charge in [0, 0.05) is 13.1 Å². The van der Waals surface area contributed by atoms with Gasteiger partial charge >= 0.3 is 0 Å². The van der Waals surface area contributed by atoms with E-state index in [0.29, 0.717) is 0 Å². The van der Waals surface area contributed by atoms with Gasteiger partial charge in [-0.25, -0.2) is 0 Å². The second-order valence-corrected chi connectivity index (χ2v) is 4.11. The highest BCUT2D eigenvalue weighted by Crippen LogP contribution is 2.18. The Labute approximate surface area is 79.7 Å². The van der Waals surface area contributed by atoms with Crippen molar-refractivity contribution in [3.8, 4) is 0 Å². The molecule has 3 heteroatoms. The molecule has 1 saturated heterocycles. The minimum absolute atomic E-state index is 0.00921. The number of hydrogen-bond donors (Lipinski definition) is 1. The summed E-state index contributed by atoms with van der Waals surface area (Å²) in [6.07, 6.45) is 0.606. The van der Waals surface area contributed by atoms with Crippen LogP contribution in [0.3, 0.4) is 0 Å². The molecule has 0 amide bonds. The lowest BCUT2D eigenvalue weighted by atomic mass is 9.95. The Morgan fingerprint density at radius 3 is 2.69 bits per heavy atom. The lowest BCUT2D eigenvalue weighted by Gasteiger charge is -2.37. The number of rotatable bonds is 2. The number of carbonyl (C=O) groups excluding carboxylic acids is 1. The van der Waals surface area contributed by atoms with Gasteiger partial charge < -0.3 is 5.11 Å². The largest absolute Gasteiger partial charge is 0.393 e. The van der Waals surface area contributed by atoms with E-state index >= 15 is 0 Å². The molecule has 0 radical (unpaired) electrons. The highest BCUT2D eigenvalue weighted by atomic mass is 16.3. The third kappa shape index (κ3) is 2.51. The van der Waals surface area contributed by atoms with Crippen molar-refractivity contribution >= 4 is 5.78 Å². The average Bonchev–Trinajstić information content (AvgIpc) is 2.08. The van der Waals surface area contributed by atoms with Crippen LogP contribution in [-0.2, 0) is 4.79 Å². The van der Waals surface area contributed by atoms with Gasteiger partial charge in [-0.15, -0.1) is 0 Å². The van der Waals surface area contributed by atoms with Crippen LogP contribution in [0.15, 0.2) is 0 Å². The monoisotopic (exact) mass is 185 g/mol. The van der Waals surface area contributed by atoms with Crippen LogP contribution in [0.5, 0.6) is 0 Å². The zero-order valence-corrected chi connectivity index (χ0v) is 8.66. The van der Waals surface area contributed by atoms with E-state index < -0.39 is 0 Å². The average molecular weight is 185 g/mol. The summed E-state index contributed by atoms with van der Waals surface area (Å²) in [7, 11) is 0. The summed E-state index contributed by atoms with van der Waals surface area (Å²) in [5.41, 5.74) is 0. The van der Waals surface area contributed by atoms with E-state index in [1.165, 1.54) is 0 Å². The lowest BCUT2D eigenvalue weighted by molar-refractivity contribution is -0.123. The van der Waals surface area contributed by atoms with Gasteiger partial charge in [0.15, 0.2) is 0 Å². The molecule has 0 aromatic rings. The lowest BCUT2D eigenvalue weighted by Crippen LogP contribution is -2.48. The number of piperidine rings is 1. The molecular formula is C10H19NO2. The van der Waals surface area contributed by atoms with Crippen LogP contribution in [0.4, 0.5) is 0 Å². The number of hydrogen-bond acceptors (Lipinski definition) is 3. The molecule has 0 bridgehead atoms. The predicted octanol–water partition coefficient (Wildman–Crippen LogP) is 0.667. The van der Waals surface area contributed by atoms with Crippen LogP contribution in [0.25, 0.3) is 0 Å². The van der Waals surface area contributed by atoms with Gasteiger partial charge in [-0.3, -0.25) is 9.69 Å². The van der Waals surface area contributed by atoms with Gasteiger partial charge in [0.2, 0.25) is 0 Å². The highest BCUT2D eigenvalue weighted by molar-refractivity contribution is 5.80. The summed E-state index contributed by atoms with van der Waals surface area (Å²) < 4.78 is 0. The fraction of sp³-hybridized carbons (Fsp3) is 0.900. The predicted molar refractivity (Wildman–Crippen MR) is 51.5 cm³/mol. The number of nitrogens with zero attached hydrogens (tertiary/aromatic N) is 1. The molecule has 0 aliphatic carbocycles. The minimum Gasteiger partial charge on any atom is -0.393 e. The third-order valence-electron chi connectivity index (χ3n) is 3.03. The van der Waals surface area contributed by atoms with Crippen LogP contribution in [0, 0.1) is 5.92 Å². The Balaban J connectivity index is 2.50. The number of aliphatic hydroxyl groups is 1. The van der Waals surface area contributed by atoms with Crippen LogP contribution < -0.4 is 0 Å². The van der Waals surface area contributed by atoms with Crippen molar-refractivity contribution in [2.75, 3.05) is 13.1 Å².